The second kappa shape index (κ2) is 7.89. The third-order valence-electron chi connectivity index (χ3n) is 4.80. The van der Waals surface area contributed by atoms with Crippen LogP contribution in [0.2, 0.25) is 0 Å². The van der Waals surface area contributed by atoms with Crippen molar-refractivity contribution in [3.8, 4) is 6.07 Å². The number of carbonyl (C=O) groups is 1. The first-order valence-corrected chi connectivity index (χ1v) is 10.0. The smallest absolute Gasteiger partial charge is 0.235 e. The summed E-state index contributed by atoms with van der Waals surface area (Å²) in [5.41, 5.74) is 4.02. The van der Waals surface area contributed by atoms with E-state index in [-0.39, 0.29) is 11.7 Å². The number of thioether (sulfide) groups is 1. The fourth-order valence-corrected chi connectivity index (χ4v) is 3.87. The lowest BCUT2D eigenvalue weighted by Gasteiger charge is -2.11. The number of anilines is 1. The number of imidazole rings is 1. The van der Waals surface area contributed by atoms with Gasteiger partial charge in [0.15, 0.2) is 5.16 Å². The first kappa shape index (κ1) is 18.9. The summed E-state index contributed by atoms with van der Waals surface area (Å²) in [7, 11) is 0. The number of para-hydroxylation sites is 2. The molecule has 4 aromatic rings. The summed E-state index contributed by atoms with van der Waals surface area (Å²) in [4.78, 5) is 20.3. The molecule has 8 heteroatoms. The molecule has 0 unspecified atom stereocenters. The predicted octanol–water partition coefficient (Wildman–Crippen LogP) is 4.23. The van der Waals surface area contributed by atoms with Crippen LogP contribution in [0.1, 0.15) is 22.6 Å². The van der Waals surface area contributed by atoms with Gasteiger partial charge in [-0.2, -0.15) is 5.26 Å². The zero-order valence-electron chi connectivity index (χ0n) is 16.0. The number of fused-ring (bicyclic) bond motifs is 1. The molecule has 0 aliphatic heterocycles. The normalized spacial score (nSPS) is 10.9. The highest BCUT2D eigenvalue weighted by molar-refractivity contribution is 7.99. The van der Waals surface area contributed by atoms with Crippen LogP contribution < -0.4 is 5.32 Å². The molecule has 0 aliphatic rings. The average Bonchev–Trinajstić information content (AvgIpc) is 3.42. The molecule has 4 rings (SSSR count). The van der Waals surface area contributed by atoms with Crippen molar-refractivity contribution in [1.29, 1.82) is 5.26 Å². The zero-order chi connectivity index (χ0) is 20.4. The van der Waals surface area contributed by atoms with Crippen LogP contribution in [0, 0.1) is 25.2 Å². The van der Waals surface area contributed by atoms with E-state index in [2.05, 4.69) is 21.4 Å². The first-order chi connectivity index (χ1) is 14.1. The van der Waals surface area contributed by atoms with E-state index in [9.17, 15) is 10.1 Å². The van der Waals surface area contributed by atoms with Gasteiger partial charge in [0, 0.05) is 5.69 Å². The number of furan rings is 1. The van der Waals surface area contributed by atoms with Crippen molar-refractivity contribution in [3.63, 3.8) is 0 Å². The van der Waals surface area contributed by atoms with Gasteiger partial charge in [0.25, 0.3) is 0 Å². The number of aromatic nitrogens is 3. The molecule has 0 saturated heterocycles. The Kier molecular flexibility index (Phi) is 5.14. The predicted molar refractivity (Wildman–Crippen MR) is 112 cm³/mol. The highest BCUT2D eigenvalue weighted by Gasteiger charge is 2.20. The van der Waals surface area contributed by atoms with Crippen molar-refractivity contribution in [2.45, 2.75) is 25.5 Å². The number of carbonyl (C=O) groups excluding carboxylic acids is 1. The number of H-pyrrole nitrogens is 1. The minimum Gasteiger partial charge on any atom is -0.467 e. The maximum absolute atomic E-state index is 12.6. The molecule has 29 heavy (non-hydrogen) atoms. The molecular weight excluding hydrogens is 386 g/mol. The summed E-state index contributed by atoms with van der Waals surface area (Å²) >= 11 is 1.32. The summed E-state index contributed by atoms with van der Waals surface area (Å²) in [6.45, 7) is 4.25. The van der Waals surface area contributed by atoms with Crippen LogP contribution >= 0.6 is 11.8 Å². The van der Waals surface area contributed by atoms with Gasteiger partial charge < -0.3 is 19.3 Å². The number of aromatic amines is 1. The van der Waals surface area contributed by atoms with Gasteiger partial charge in [-0.1, -0.05) is 23.9 Å². The van der Waals surface area contributed by atoms with E-state index in [0.717, 1.165) is 28.1 Å². The van der Waals surface area contributed by atoms with E-state index in [1.165, 1.54) is 11.8 Å². The van der Waals surface area contributed by atoms with Crippen LogP contribution in [0.3, 0.4) is 0 Å². The Morgan fingerprint density at radius 2 is 2.14 bits per heavy atom. The van der Waals surface area contributed by atoms with Gasteiger partial charge in [0.2, 0.25) is 5.91 Å². The largest absolute Gasteiger partial charge is 0.467 e. The van der Waals surface area contributed by atoms with Crippen LogP contribution in [0.15, 0.2) is 52.2 Å². The van der Waals surface area contributed by atoms with Gasteiger partial charge in [-0.15, -0.1) is 0 Å². The Balaban J connectivity index is 1.52. The fourth-order valence-electron chi connectivity index (χ4n) is 3.19. The average molecular weight is 405 g/mol. The van der Waals surface area contributed by atoms with Crippen molar-refractivity contribution in [3.05, 3.63) is 65.2 Å². The van der Waals surface area contributed by atoms with E-state index in [1.807, 2.05) is 54.8 Å². The molecule has 0 aliphatic carbocycles. The minimum absolute atomic E-state index is 0.175. The van der Waals surface area contributed by atoms with E-state index >= 15 is 0 Å². The van der Waals surface area contributed by atoms with Gasteiger partial charge in [-0.05, 0) is 43.7 Å². The summed E-state index contributed by atoms with van der Waals surface area (Å²) in [6, 6.07) is 13.6. The third kappa shape index (κ3) is 3.77. The molecule has 3 heterocycles. The molecule has 1 amide bonds. The van der Waals surface area contributed by atoms with E-state index < -0.39 is 0 Å². The summed E-state index contributed by atoms with van der Waals surface area (Å²) in [5, 5.41) is 13.2. The highest BCUT2D eigenvalue weighted by Crippen LogP contribution is 2.28. The SMILES string of the molecule is Cc1c(C#N)c(NC(=O)CSc2nc3ccccc3[nH]2)n(Cc2ccco2)c1C. The number of nitriles is 1. The lowest BCUT2D eigenvalue weighted by molar-refractivity contribution is -0.113. The van der Waals surface area contributed by atoms with Crippen molar-refractivity contribution in [2.75, 3.05) is 11.1 Å². The number of nitrogens with one attached hydrogen (secondary N) is 2. The first-order valence-electron chi connectivity index (χ1n) is 9.06. The number of hydrogen-bond acceptors (Lipinski definition) is 5. The number of benzene rings is 1. The molecular formula is C21H19N5O2S. The quantitative estimate of drug-likeness (QED) is 0.468. The topological polar surface area (TPSA) is 99.6 Å². The van der Waals surface area contributed by atoms with Gasteiger partial charge in [0.1, 0.15) is 17.6 Å². The molecule has 0 spiro atoms. The Morgan fingerprint density at radius 3 is 2.86 bits per heavy atom. The summed E-state index contributed by atoms with van der Waals surface area (Å²) in [6.07, 6.45) is 1.61. The minimum atomic E-state index is -0.204. The molecule has 146 valence electrons. The molecule has 7 nitrogen and oxygen atoms in total. The molecule has 2 N–H and O–H groups in total. The molecule has 0 radical (unpaired) electrons. The number of amides is 1. The lowest BCUT2D eigenvalue weighted by Crippen LogP contribution is -2.18. The molecule has 0 bridgehead atoms. The Morgan fingerprint density at radius 1 is 1.31 bits per heavy atom. The molecule has 1 aromatic carbocycles. The fraction of sp³-hybridized carbons (Fsp3) is 0.190. The maximum Gasteiger partial charge on any atom is 0.235 e. The number of nitrogens with zero attached hydrogens (tertiary/aromatic N) is 3. The molecule has 0 fully saturated rings. The van der Waals surface area contributed by atoms with Gasteiger partial charge in [-0.25, -0.2) is 4.98 Å². The van der Waals surface area contributed by atoms with Crippen LogP contribution in [-0.4, -0.2) is 26.2 Å². The number of hydrogen-bond donors (Lipinski definition) is 2. The highest BCUT2D eigenvalue weighted by atomic mass is 32.2. The Hall–Kier alpha value is -3.44. The van der Waals surface area contributed by atoms with Crippen molar-refractivity contribution in [1.82, 2.24) is 14.5 Å². The summed E-state index contributed by atoms with van der Waals surface area (Å²) in [5.74, 6) is 1.22. The molecule has 3 aromatic heterocycles. The summed E-state index contributed by atoms with van der Waals surface area (Å²) < 4.78 is 7.34. The second-order valence-electron chi connectivity index (χ2n) is 6.61. The third-order valence-corrected chi connectivity index (χ3v) is 5.67. The van der Waals surface area contributed by atoms with Gasteiger partial charge in [-0.3, -0.25) is 4.79 Å². The van der Waals surface area contributed by atoms with Gasteiger partial charge in [0.05, 0.1) is 35.2 Å². The van der Waals surface area contributed by atoms with E-state index in [0.29, 0.717) is 23.1 Å². The van der Waals surface area contributed by atoms with Crippen LogP contribution in [0.4, 0.5) is 5.82 Å². The van der Waals surface area contributed by atoms with E-state index in [1.54, 1.807) is 6.26 Å². The maximum atomic E-state index is 12.6. The monoisotopic (exact) mass is 405 g/mol. The standard InChI is InChI=1S/C21H19N5O2S/c1-13-14(2)26(11-15-6-5-9-28-15)20(16(13)10-22)25-19(27)12-29-21-23-17-7-3-4-8-18(17)24-21/h3-9H,11-12H2,1-2H3,(H,23,24)(H,25,27). The van der Waals surface area contributed by atoms with Crippen molar-refractivity contribution >= 4 is 34.5 Å². The van der Waals surface area contributed by atoms with E-state index in [4.69, 9.17) is 4.42 Å². The Labute approximate surface area is 171 Å². The number of rotatable bonds is 6. The zero-order valence-corrected chi connectivity index (χ0v) is 16.8. The van der Waals surface area contributed by atoms with Crippen molar-refractivity contribution in [2.24, 2.45) is 0 Å². The lowest BCUT2D eigenvalue weighted by atomic mass is 10.2. The molecule has 0 saturated carbocycles. The van der Waals surface area contributed by atoms with Crippen LogP contribution in [0.25, 0.3) is 11.0 Å². The Bertz CT molecular complexity index is 1180. The van der Waals surface area contributed by atoms with Gasteiger partial charge >= 0.3 is 0 Å². The van der Waals surface area contributed by atoms with Crippen molar-refractivity contribution < 1.29 is 9.21 Å². The molecule has 0 atom stereocenters. The van der Waals surface area contributed by atoms with Crippen LogP contribution in [0.5, 0.6) is 0 Å². The van der Waals surface area contributed by atoms with Crippen LogP contribution in [-0.2, 0) is 11.3 Å². The second-order valence-corrected chi connectivity index (χ2v) is 7.57.